The second-order valence-corrected chi connectivity index (χ2v) is 9.07. The van der Waals surface area contributed by atoms with Crippen LogP contribution < -0.4 is 20.1 Å². The minimum Gasteiger partial charge on any atom is -0.497 e. The van der Waals surface area contributed by atoms with Gasteiger partial charge in [-0.25, -0.2) is 13.1 Å². The van der Waals surface area contributed by atoms with Crippen molar-refractivity contribution in [3.8, 4) is 5.75 Å². The lowest BCUT2D eigenvalue weighted by atomic mass is 10.1. The van der Waals surface area contributed by atoms with Crippen LogP contribution in [0.5, 0.6) is 5.75 Å². The summed E-state index contributed by atoms with van der Waals surface area (Å²) < 4.78 is 32.1. The molecule has 2 aromatic rings. The first kappa shape index (κ1) is 22.5. The van der Waals surface area contributed by atoms with Crippen molar-refractivity contribution >= 4 is 38.9 Å². The van der Waals surface area contributed by atoms with Crippen molar-refractivity contribution in [2.75, 3.05) is 33.3 Å². The minimum absolute atomic E-state index is 0.223. The predicted molar refractivity (Wildman–Crippen MR) is 115 cm³/mol. The van der Waals surface area contributed by atoms with Gasteiger partial charge < -0.3 is 15.4 Å². The summed E-state index contributed by atoms with van der Waals surface area (Å²) in [6, 6.07) is 8.88. The fourth-order valence-corrected chi connectivity index (χ4v) is 4.67. The normalized spacial score (nSPS) is 12.0. The first-order valence-electron chi connectivity index (χ1n) is 8.84. The van der Waals surface area contributed by atoms with Crippen LogP contribution in [0.1, 0.15) is 12.5 Å². The maximum absolute atomic E-state index is 12.1. The molecule has 0 unspecified atom stereocenters. The molecule has 0 bridgehead atoms. The molecule has 0 saturated heterocycles. The van der Waals surface area contributed by atoms with Gasteiger partial charge in [-0.05, 0) is 42.5 Å². The fourth-order valence-electron chi connectivity index (χ4n) is 2.35. The van der Waals surface area contributed by atoms with E-state index in [2.05, 4.69) is 20.3 Å². The maximum Gasteiger partial charge on any atom is 0.250 e. The van der Waals surface area contributed by atoms with Gasteiger partial charge in [0.25, 0.3) is 0 Å². The molecule has 0 fully saturated rings. The van der Waals surface area contributed by atoms with Crippen molar-refractivity contribution < 1.29 is 13.2 Å². The largest absolute Gasteiger partial charge is 0.497 e. The molecule has 28 heavy (non-hydrogen) atoms. The van der Waals surface area contributed by atoms with Crippen LogP contribution in [-0.2, 0) is 16.4 Å². The number of hydrogen-bond donors (Lipinski definition) is 3. The van der Waals surface area contributed by atoms with Crippen LogP contribution in [0, 0.1) is 0 Å². The number of nitrogens with zero attached hydrogens (tertiary/aromatic N) is 1. The van der Waals surface area contributed by atoms with Crippen molar-refractivity contribution in [3.05, 3.63) is 46.3 Å². The van der Waals surface area contributed by atoms with E-state index in [1.165, 1.54) is 11.3 Å². The molecule has 0 spiro atoms. The first-order valence-corrected chi connectivity index (χ1v) is 11.6. The molecule has 1 aromatic carbocycles. The van der Waals surface area contributed by atoms with Crippen molar-refractivity contribution in [1.82, 2.24) is 15.4 Å². The number of hydrogen-bond acceptors (Lipinski definition) is 5. The quantitative estimate of drug-likeness (QED) is 0.297. The first-order chi connectivity index (χ1) is 13.5. The van der Waals surface area contributed by atoms with Crippen LogP contribution in [0.25, 0.3) is 0 Å². The Bertz CT molecular complexity index is 871. The van der Waals surface area contributed by atoms with E-state index in [-0.39, 0.29) is 6.54 Å². The number of rotatable bonds is 10. The van der Waals surface area contributed by atoms with Gasteiger partial charge in [-0.1, -0.05) is 23.7 Å². The molecule has 2 rings (SSSR count). The van der Waals surface area contributed by atoms with Crippen LogP contribution in [0.15, 0.2) is 44.9 Å². The molecule has 0 aliphatic heterocycles. The highest BCUT2D eigenvalue weighted by atomic mass is 35.5. The summed E-state index contributed by atoms with van der Waals surface area (Å²) in [5.41, 5.74) is 1.01. The topological polar surface area (TPSA) is 91.8 Å². The molecule has 0 saturated carbocycles. The molecule has 154 valence electrons. The summed E-state index contributed by atoms with van der Waals surface area (Å²) in [6.45, 7) is 3.86. The fraction of sp³-hybridized carbons (Fsp3) is 0.389. The minimum atomic E-state index is -3.46. The number of guanidine groups is 1. The van der Waals surface area contributed by atoms with Crippen molar-refractivity contribution in [1.29, 1.82) is 0 Å². The molecule has 7 nitrogen and oxygen atoms in total. The molecule has 0 aliphatic rings. The van der Waals surface area contributed by atoms with E-state index in [0.717, 1.165) is 17.7 Å². The van der Waals surface area contributed by atoms with Gasteiger partial charge in [0, 0.05) is 24.7 Å². The average Bonchev–Trinajstić information content (AvgIpc) is 3.22. The van der Waals surface area contributed by atoms with Gasteiger partial charge in [-0.15, -0.1) is 11.3 Å². The average molecular weight is 445 g/mol. The monoisotopic (exact) mass is 444 g/mol. The van der Waals surface area contributed by atoms with E-state index in [0.29, 0.717) is 34.8 Å². The van der Waals surface area contributed by atoms with Crippen LogP contribution in [0.4, 0.5) is 0 Å². The van der Waals surface area contributed by atoms with Crippen LogP contribution >= 0.6 is 22.9 Å². The summed E-state index contributed by atoms with van der Waals surface area (Å²) in [6.07, 6.45) is 0.720. The maximum atomic E-state index is 12.1. The number of halogens is 1. The van der Waals surface area contributed by atoms with E-state index >= 15 is 0 Å². The summed E-state index contributed by atoms with van der Waals surface area (Å²) in [4.78, 5) is 4.40. The van der Waals surface area contributed by atoms with Gasteiger partial charge in [0.05, 0.1) is 13.7 Å². The molecule has 1 heterocycles. The highest BCUT2D eigenvalue weighted by Gasteiger charge is 2.13. The number of benzene rings is 1. The number of aliphatic imine (C=N–C) groups is 1. The Hall–Kier alpha value is -1.81. The smallest absolute Gasteiger partial charge is 0.250 e. The van der Waals surface area contributed by atoms with Gasteiger partial charge in [-0.3, -0.25) is 4.99 Å². The Morgan fingerprint density at radius 3 is 2.71 bits per heavy atom. The van der Waals surface area contributed by atoms with E-state index < -0.39 is 10.0 Å². The summed E-state index contributed by atoms with van der Waals surface area (Å²) >= 11 is 7.44. The van der Waals surface area contributed by atoms with Crippen molar-refractivity contribution in [2.24, 2.45) is 4.99 Å². The highest BCUT2D eigenvalue weighted by molar-refractivity contribution is 7.91. The lowest BCUT2D eigenvalue weighted by molar-refractivity contribution is 0.414. The number of thiophene rings is 1. The van der Waals surface area contributed by atoms with Crippen LogP contribution in [0.3, 0.4) is 0 Å². The van der Waals surface area contributed by atoms with E-state index in [4.69, 9.17) is 16.3 Å². The third-order valence-corrected chi connectivity index (χ3v) is 6.94. The van der Waals surface area contributed by atoms with Gasteiger partial charge in [0.2, 0.25) is 10.0 Å². The Morgan fingerprint density at radius 1 is 1.25 bits per heavy atom. The summed E-state index contributed by atoms with van der Waals surface area (Å²) in [5, 5.41) is 8.75. The van der Waals surface area contributed by atoms with Gasteiger partial charge in [0.15, 0.2) is 5.96 Å². The Kier molecular flexibility index (Phi) is 9.04. The second kappa shape index (κ2) is 11.3. The number of ether oxygens (including phenoxy) is 1. The lowest BCUT2D eigenvalue weighted by Gasteiger charge is -2.12. The molecule has 0 amide bonds. The lowest BCUT2D eigenvalue weighted by Crippen LogP contribution is -2.39. The number of nitrogens with one attached hydrogen (secondary N) is 3. The Balaban J connectivity index is 1.82. The standard InChI is InChI=1S/C18H25ClN4O3S2/c1-3-20-18(21-9-8-14-6-7-15(26-2)13-16(14)19)22-10-11-23-28(24,25)17-5-4-12-27-17/h4-7,12-13,23H,3,8-11H2,1-2H3,(H2,20,21,22). The van der Waals surface area contributed by atoms with Crippen LogP contribution in [0.2, 0.25) is 5.02 Å². The van der Waals surface area contributed by atoms with Crippen molar-refractivity contribution in [3.63, 3.8) is 0 Å². The number of sulfonamides is 1. The van der Waals surface area contributed by atoms with Gasteiger partial charge >= 0.3 is 0 Å². The Labute approximate surface area is 175 Å². The van der Waals surface area contributed by atoms with Crippen molar-refractivity contribution in [2.45, 2.75) is 17.6 Å². The van der Waals surface area contributed by atoms with Gasteiger partial charge in [-0.2, -0.15) is 0 Å². The van der Waals surface area contributed by atoms with Gasteiger partial charge in [0.1, 0.15) is 9.96 Å². The van der Waals surface area contributed by atoms with E-state index in [1.807, 2.05) is 19.1 Å². The summed E-state index contributed by atoms with van der Waals surface area (Å²) in [7, 11) is -1.85. The number of methoxy groups -OCH3 is 1. The molecular formula is C18H25ClN4O3S2. The zero-order valence-electron chi connectivity index (χ0n) is 15.9. The van der Waals surface area contributed by atoms with E-state index in [9.17, 15) is 8.42 Å². The third-order valence-electron chi connectivity index (χ3n) is 3.72. The Morgan fingerprint density at radius 2 is 2.07 bits per heavy atom. The van der Waals surface area contributed by atoms with Crippen LogP contribution in [-0.4, -0.2) is 47.7 Å². The molecule has 0 atom stereocenters. The molecule has 3 N–H and O–H groups in total. The molecular weight excluding hydrogens is 420 g/mol. The molecule has 0 radical (unpaired) electrons. The zero-order valence-corrected chi connectivity index (χ0v) is 18.3. The molecule has 0 aliphatic carbocycles. The highest BCUT2D eigenvalue weighted by Crippen LogP contribution is 2.22. The van der Waals surface area contributed by atoms with E-state index in [1.54, 1.807) is 30.7 Å². The predicted octanol–water partition coefficient (Wildman–Crippen LogP) is 2.49. The molecule has 1 aromatic heterocycles. The SMILES string of the molecule is CCNC(=NCCNS(=O)(=O)c1cccs1)NCCc1ccc(OC)cc1Cl. The third kappa shape index (κ3) is 6.97. The second-order valence-electron chi connectivity index (χ2n) is 5.72. The molecule has 10 heteroatoms. The zero-order chi connectivity index (χ0) is 20.4. The summed E-state index contributed by atoms with van der Waals surface area (Å²) in [5.74, 6) is 1.35.